The van der Waals surface area contributed by atoms with E-state index in [9.17, 15) is 9.18 Å². The summed E-state index contributed by atoms with van der Waals surface area (Å²) in [5.41, 5.74) is 3.51. The predicted molar refractivity (Wildman–Crippen MR) is 88.3 cm³/mol. The molecule has 0 fully saturated rings. The summed E-state index contributed by atoms with van der Waals surface area (Å²) in [7, 11) is 0. The smallest absolute Gasteiger partial charge is 0.258 e. The molecule has 1 amide bonds. The lowest BCUT2D eigenvalue weighted by atomic mass is 10.2. The van der Waals surface area contributed by atoms with Gasteiger partial charge in [-0.15, -0.1) is 10.2 Å². The van der Waals surface area contributed by atoms with Crippen LogP contribution >= 0.6 is 0 Å². The number of aromatic amines is 1. The van der Waals surface area contributed by atoms with Crippen LogP contribution in [0.5, 0.6) is 0 Å². The maximum absolute atomic E-state index is 12.9. The van der Waals surface area contributed by atoms with Gasteiger partial charge in [0.25, 0.3) is 11.9 Å². The lowest BCUT2D eigenvalue weighted by Gasteiger charge is -2.02. The molecule has 2 aromatic carbocycles. The zero-order valence-corrected chi connectivity index (χ0v) is 12.7. The van der Waals surface area contributed by atoms with Crippen LogP contribution in [0.2, 0.25) is 0 Å². The van der Waals surface area contributed by atoms with Crippen LogP contribution in [0.15, 0.2) is 42.5 Å². The molecule has 118 valence electrons. The van der Waals surface area contributed by atoms with E-state index in [1.165, 1.54) is 24.3 Å². The zero-order chi connectivity index (χ0) is 16.7. The molecule has 0 bridgehead atoms. The lowest BCUT2D eigenvalue weighted by Crippen LogP contribution is -2.14. The molecule has 0 atom stereocenters. The molecule has 0 aliphatic carbocycles. The Morgan fingerprint density at radius 1 is 1.12 bits per heavy atom. The molecule has 0 saturated carbocycles. The fourth-order valence-electron chi connectivity index (χ4n) is 2.51. The van der Waals surface area contributed by atoms with Gasteiger partial charge in [0.15, 0.2) is 5.65 Å². The molecule has 2 aromatic heterocycles. The van der Waals surface area contributed by atoms with Crippen LogP contribution in [0.25, 0.3) is 22.1 Å². The van der Waals surface area contributed by atoms with Gasteiger partial charge in [-0.05, 0) is 43.3 Å². The average Bonchev–Trinajstić information content (AvgIpc) is 2.92. The SMILES string of the molecule is Cc1ccc2[nH]c3nc(NC(=O)c4ccc(F)cc4)nnc3c2c1. The number of hydrogen-bond acceptors (Lipinski definition) is 4. The number of aryl methyl sites for hydroxylation is 1. The van der Waals surface area contributed by atoms with Crippen LogP contribution in [0.3, 0.4) is 0 Å². The second-order valence-corrected chi connectivity index (χ2v) is 5.47. The highest BCUT2D eigenvalue weighted by atomic mass is 19.1. The first-order chi connectivity index (χ1) is 11.6. The largest absolute Gasteiger partial charge is 0.338 e. The van der Waals surface area contributed by atoms with Crippen LogP contribution in [-0.2, 0) is 0 Å². The fraction of sp³-hybridized carbons (Fsp3) is 0.0588. The fourth-order valence-corrected chi connectivity index (χ4v) is 2.51. The number of amides is 1. The first-order valence-electron chi connectivity index (χ1n) is 7.30. The molecule has 0 radical (unpaired) electrons. The summed E-state index contributed by atoms with van der Waals surface area (Å²) in [5.74, 6) is -0.748. The van der Waals surface area contributed by atoms with E-state index in [2.05, 4.69) is 25.5 Å². The van der Waals surface area contributed by atoms with Gasteiger partial charge >= 0.3 is 0 Å². The van der Waals surface area contributed by atoms with E-state index < -0.39 is 11.7 Å². The minimum Gasteiger partial charge on any atom is -0.338 e. The van der Waals surface area contributed by atoms with Crippen molar-refractivity contribution in [2.45, 2.75) is 6.92 Å². The highest BCUT2D eigenvalue weighted by molar-refractivity contribution is 6.05. The summed E-state index contributed by atoms with van der Waals surface area (Å²) in [6.45, 7) is 2.00. The van der Waals surface area contributed by atoms with E-state index in [-0.39, 0.29) is 5.95 Å². The van der Waals surface area contributed by atoms with Crippen molar-refractivity contribution >= 4 is 33.9 Å². The Kier molecular flexibility index (Phi) is 3.19. The van der Waals surface area contributed by atoms with Crippen LogP contribution in [0.4, 0.5) is 10.3 Å². The van der Waals surface area contributed by atoms with E-state index in [1.807, 2.05) is 25.1 Å². The van der Waals surface area contributed by atoms with Gasteiger partial charge in [-0.3, -0.25) is 10.1 Å². The Morgan fingerprint density at radius 3 is 2.71 bits per heavy atom. The molecule has 0 spiro atoms. The monoisotopic (exact) mass is 321 g/mol. The van der Waals surface area contributed by atoms with Gasteiger partial charge in [0.2, 0.25) is 0 Å². The van der Waals surface area contributed by atoms with Gasteiger partial charge in [0.05, 0.1) is 0 Å². The van der Waals surface area contributed by atoms with Crippen molar-refractivity contribution in [3.63, 3.8) is 0 Å². The Morgan fingerprint density at radius 2 is 1.92 bits per heavy atom. The van der Waals surface area contributed by atoms with Gasteiger partial charge in [-0.1, -0.05) is 11.6 Å². The molecule has 4 aromatic rings. The normalized spacial score (nSPS) is 11.1. The standard InChI is InChI=1S/C17H12FN5O/c1-9-2-7-13-12(8-9)14-15(19-13)20-17(23-22-14)21-16(24)10-3-5-11(18)6-4-10/h2-8H,1H3,(H2,19,20,21,23,24). The van der Waals surface area contributed by atoms with E-state index in [0.29, 0.717) is 16.7 Å². The third-order valence-electron chi connectivity index (χ3n) is 3.70. The number of nitrogens with one attached hydrogen (secondary N) is 2. The molecule has 0 aliphatic rings. The summed E-state index contributed by atoms with van der Waals surface area (Å²) in [4.78, 5) is 19.6. The Bertz CT molecular complexity index is 1070. The van der Waals surface area contributed by atoms with Crippen molar-refractivity contribution in [2.75, 3.05) is 5.32 Å². The third kappa shape index (κ3) is 2.45. The van der Waals surface area contributed by atoms with Crippen molar-refractivity contribution in [3.8, 4) is 0 Å². The Hall–Kier alpha value is -3.35. The first-order valence-corrected chi connectivity index (χ1v) is 7.30. The van der Waals surface area contributed by atoms with Gasteiger partial charge in [-0.25, -0.2) is 4.39 Å². The molecule has 0 saturated heterocycles. The van der Waals surface area contributed by atoms with E-state index >= 15 is 0 Å². The first kappa shape index (κ1) is 14.3. The van der Waals surface area contributed by atoms with Crippen molar-refractivity contribution in [3.05, 3.63) is 59.4 Å². The number of rotatable bonds is 2. The number of anilines is 1. The lowest BCUT2D eigenvalue weighted by molar-refractivity contribution is 0.102. The van der Waals surface area contributed by atoms with E-state index in [4.69, 9.17) is 0 Å². The summed E-state index contributed by atoms with van der Waals surface area (Å²) >= 11 is 0. The van der Waals surface area contributed by atoms with E-state index in [1.54, 1.807) is 0 Å². The number of nitrogens with zero attached hydrogens (tertiary/aromatic N) is 3. The number of halogens is 1. The van der Waals surface area contributed by atoms with E-state index in [0.717, 1.165) is 16.5 Å². The summed E-state index contributed by atoms with van der Waals surface area (Å²) in [6, 6.07) is 11.2. The minimum absolute atomic E-state index is 0.0834. The molecule has 4 rings (SSSR count). The maximum Gasteiger partial charge on any atom is 0.258 e. The van der Waals surface area contributed by atoms with Gasteiger partial charge in [0, 0.05) is 16.5 Å². The molecular weight excluding hydrogens is 309 g/mol. The predicted octanol–water partition coefficient (Wildman–Crippen LogP) is 3.21. The number of fused-ring (bicyclic) bond motifs is 3. The molecule has 0 aliphatic heterocycles. The van der Waals surface area contributed by atoms with Crippen LogP contribution < -0.4 is 5.32 Å². The number of carbonyl (C=O) groups excluding carboxylic acids is 1. The number of H-pyrrole nitrogens is 1. The molecule has 2 N–H and O–H groups in total. The van der Waals surface area contributed by atoms with Crippen molar-refractivity contribution in [1.82, 2.24) is 20.2 Å². The minimum atomic E-state index is -0.428. The van der Waals surface area contributed by atoms with Crippen molar-refractivity contribution < 1.29 is 9.18 Å². The number of hydrogen-bond donors (Lipinski definition) is 2. The second kappa shape index (κ2) is 5.38. The van der Waals surface area contributed by atoms with Crippen molar-refractivity contribution in [2.24, 2.45) is 0 Å². The van der Waals surface area contributed by atoms with Crippen LogP contribution in [0, 0.1) is 12.7 Å². The number of carbonyl (C=O) groups is 1. The van der Waals surface area contributed by atoms with Gasteiger partial charge in [0.1, 0.15) is 11.3 Å². The molecule has 2 heterocycles. The maximum atomic E-state index is 12.9. The van der Waals surface area contributed by atoms with Crippen LogP contribution in [0.1, 0.15) is 15.9 Å². The highest BCUT2D eigenvalue weighted by Gasteiger charge is 2.12. The quantitative estimate of drug-likeness (QED) is 0.594. The van der Waals surface area contributed by atoms with Gasteiger partial charge in [-0.2, -0.15) is 4.98 Å². The summed E-state index contributed by atoms with van der Waals surface area (Å²) in [6.07, 6.45) is 0. The molecule has 6 nitrogen and oxygen atoms in total. The summed E-state index contributed by atoms with van der Waals surface area (Å²) in [5, 5.41) is 11.6. The molecule has 24 heavy (non-hydrogen) atoms. The molecular formula is C17H12FN5O. The summed E-state index contributed by atoms with van der Waals surface area (Å²) < 4.78 is 12.9. The Labute approximate surface area is 135 Å². The van der Waals surface area contributed by atoms with Gasteiger partial charge < -0.3 is 4.98 Å². The topological polar surface area (TPSA) is 83.6 Å². The Balaban J connectivity index is 1.68. The van der Waals surface area contributed by atoms with Crippen molar-refractivity contribution in [1.29, 1.82) is 0 Å². The molecule has 7 heteroatoms. The van der Waals surface area contributed by atoms with Crippen LogP contribution in [-0.4, -0.2) is 26.1 Å². The second-order valence-electron chi connectivity index (χ2n) is 5.47. The third-order valence-corrected chi connectivity index (χ3v) is 3.70. The highest BCUT2D eigenvalue weighted by Crippen LogP contribution is 2.23. The number of benzene rings is 2. The average molecular weight is 321 g/mol. The molecule has 0 unspecified atom stereocenters. The number of aromatic nitrogens is 4. The zero-order valence-electron chi connectivity index (χ0n) is 12.7.